The van der Waals surface area contributed by atoms with Crippen LogP contribution in [-0.2, 0) is 4.74 Å². The molecule has 0 atom stereocenters. The van der Waals surface area contributed by atoms with E-state index in [1.165, 1.54) is 0 Å². The summed E-state index contributed by atoms with van der Waals surface area (Å²) < 4.78 is 5.16. The van der Waals surface area contributed by atoms with Gasteiger partial charge in [0.25, 0.3) is 0 Å². The molecule has 0 aromatic carbocycles. The summed E-state index contributed by atoms with van der Waals surface area (Å²) in [6, 6.07) is 0. The normalized spacial score (nSPS) is 17.7. The Morgan fingerprint density at radius 2 is 2.45 bits per heavy atom. The first kappa shape index (κ1) is 8.05. The van der Waals surface area contributed by atoms with Crippen molar-refractivity contribution in [1.29, 1.82) is 0 Å². The van der Waals surface area contributed by atoms with E-state index < -0.39 is 0 Å². The molecule has 1 aliphatic rings. The number of aliphatic imine (C=N–C) groups is 1. The van der Waals surface area contributed by atoms with Gasteiger partial charge in [0, 0.05) is 0 Å². The summed E-state index contributed by atoms with van der Waals surface area (Å²) >= 11 is 0. The minimum absolute atomic E-state index is 0.733. The maximum Gasteiger partial charge on any atom is 0.208 e. The van der Waals surface area contributed by atoms with Crippen LogP contribution in [0.2, 0.25) is 0 Å². The molecule has 2 nitrogen and oxygen atoms in total. The Morgan fingerprint density at radius 3 is 3.09 bits per heavy atom. The van der Waals surface area contributed by atoms with Gasteiger partial charge in [0.15, 0.2) is 0 Å². The second-order valence-corrected chi connectivity index (χ2v) is 2.26. The average molecular weight is 151 g/mol. The van der Waals surface area contributed by atoms with Crippen LogP contribution in [0.1, 0.15) is 13.3 Å². The summed E-state index contributed by atoms with van der Waals surface area (Å²) in [7, 11) is 0. The summed E-state index contributed by atoms with van der Waals surface area (Å²) in [6.45, 7) is 3.64. The third-order valence-corrected chi connectivity index (χ3v) is 1.33. The largest absolute Gasteiger partial charge is 0.476 e. The van der Waals surface area contributed by atoms with E-state index in [2.05, 4.69) is 18.0 Å². The Labute approximate surface area is 67.3 Å². The first-order valence-corrected chi connectivity index (χ1v) is 3.94. The van der Waals surface area contributed by atoms with Crippen LogP contribution in [0.3, 0.4) is 0 Å². The summed E-state index contributed by atoms with van der Waals surface area (Å²) in [4.78, 5) is 4.11. The lowest BCUT2D eigenvalue weighted by Crippen LogP contribution is -1.92. The van der Waals surface area contributed by atoms with Gasteiger partial charge in [-0.15, -0.1) is 0 Å². The van der Waals surface area contributed by atoms with Crippen LogP contribution >= 0.6 is 0 Å². The van der Waals surface area contributed by atoms with Crippen molar-refractivity contribution in [1.82, 2.24) is 0 Å². The van der Waals surface area contributed by atoms with E-state index in [9.17, 15) is 0 Å². The lowest BCUT2D eigenvalue weighted by Gasteiger charge is -1.89. The molecule has 2 heteroatoms. The van der Waals surface area contributed by atoms with Crippen molar-refractivity contribution in [2.45, 2.75) is 13.3 Å². The molecule has 0 spiro atoms. The highest BCUT2D eigenvalue weighted by Crippen LogP contribution is 1.95. The maximum absolute atomic E-state index is 5.16. The molecule has 0 unspecified atom stereocenters. The number of ether oxygens (including phenoxy) is 1. The SMILES string of the molecule is CCC=CC=CC1=NCCO1. The van der Waals surface area contributed by atoms with Crippen molar-refractivity contribution in [2.24, 2.45) is 4.99 Å². The number of nitrogens with zero attached hydrogens (tertiary/aromatic N) is 1. The molecule has 0 N–H and O–H groups in total. The van der Waals surface area contributed by atoms with Crippen LogP contribution in [-0.4, -0.2) is 19.0 Å². The van der Waals surface area contributed by atoms with E-state index in [0.717, 1.165) is 25.5 Å². The van der Waals surface area contributed by atoms with Gasteiger partial charge in [-0.2, -0.15) is 0 Å². The van der Waals surface area contributed by atoms with Crippen LogP contribution in [0, 0.1) is 0 Å². The van der Waals surface area contributed by atoms with Gasteiger partial charge in [-0.1, -0.05) is 25.2 Å². The molecular weight excluding hydrogens is 138 g/mol. The van der Waals surface area contributed by atoms with Gasteiger partial charge in [0.2, 0.25) is 5.90 Å². The van der Waals surface area contributed by atoms with Crippen LogP contribution in [0.5, 0.6) is 0 Å². The van der Waals surface area contributed by atoms with Crippen LogP contribution in [0.4, 0.5) is 0 Å². The summed E-state index contributed by atoms with van der Waals surface area (Å²) in [6.07, 6.45) is 9.00. The molecule has 0 bridgehead atoms. The Balaban J connectivity index is 2.28. The van der Waals surface area contributed by atoms with Crippen molar-refractivity contribution in [3.05, 3.63) is 24.3 Å². The van der Waals surface area contributed by atoms with Crippen molar-refractivity contribution < 1.29 is 4.74 Å². The predicted molar refractivity (Wildman–Crippen MR) is 46.8 cm³/mol. The minimum atomic E-state index is 0.733. The van der Waals surface area contributed by atoms with E-state index in [-0.39, 0.29) is 0 Å². The highest BCUT2D eigenvalue weighted by molar-refractivity contribution is 5.88. The van der Waals surface area contributed by atoms with Crippen LogP contribution in [0.15, 0.2) is 29.3 Å². The van der Waals surface area contributed by atoms with Crippen molar-refractivity contribution >= 4 is 5.90 Å². The molecule has 0 amide bonds. The molecule has 0 aromatic heterocycles. The van der Waals surface area contributed by atoms with Gasteiger partial charge < -0.3 is 4.74 Å². The third-order valence-electron chi connectivity index (χ3n) is 1.33. The second-order valence-electron chi connectivity index (χ2n) is 2.26. The zero-order chi connectivity index (χ0) is 7.94. The number of allylic oxidation sites excluding steroid dienone is 3. The molecule has 0 aliphatic carbocycles. The van der Waals surface area contributed by atoms with Gasteiger partial charge in [-0.05, 0) is 12.5 Å². The smallest absolute Gasteiger partial charge is 0.208 e. The molecule has 0 saturated carbocycles. The molecule has 1 aliphatic heterocycles. The van der Waals surface area contributed by atoms with E-state index in [4.69, 9.17) is 4.74 Å². The molecule has 0 aromatic rings. The summed E-state index contributed by atoms with van der Waals surface area (Å²) in [5.41, 5.74) is 0. The standard InChI is InChI=1S/C9H13NO/c1-2-3-4-5-6-9-10-7-8-11-9/h3-6H,2,7-8H2,1H3. The van der Waals surface area contributed by atoms with Gasteiger partial charge in [-0.25, -0.2) is 4.99 Å². The second kappa shape index (κ2) is 4.72. The van der Waals surface area contributed by atoms with Crippen molar-refractivity contribution in [3.8, 4) is 0 Å². The molecule has 1 heterocycles. The van der Waals surface area contributed by atoms with Crippen molar-refractivity contribution in [3.63, 3.8) is 0 Å². The van der Waals surface area contributed by atoms with E-state index in [1.54, 1.807) is 0 Å². The molecule has 0 saturated heterocycles. The molecule has 60 valence electrons. The van der Waals surface area contributed by atoms with Crippen LogP contribution in [0.25, 0.3) is 0 Å². The quantitative estimate of drug-likeness (QED) is 0.565. The van der Waals surface area contributed by atoms with E-state index in [0.29, 0.717) is 0 Å². The van der Waals surface area contributed by atoms with E-state index in [1.807, 2.05) is 18.2 Å². The topological polar surface area (TPSA) is 21.6 Å². The fourth-order valence-electron chi connectivity index (χ4n) is 0.805. The number of hydrogen-bond donors (Lipinski definition) is 0. The lowest BCUT2D eigenvalue weighted by molar-refractivity contribution is 0.350. The minimum Gasteiger partial charge on any atom is -0.476 e. The zero-order valence-electron chi connectivity index (χ0n) is 6.79. The van der Waals surface area contributed by atoms with Gasteiger partial charge in [0.1, 0.15) is 6.61 Å². The number of hydrogen-bond acceptors (Lipinski definition) is 2. The zero-order valence-corrected chi connectivity index (χ0v) is 6.79. The third kappa shape index (κ3) is 3.03. The first-order valence-electron chi connectivity index (χ1n) is 3.94. The molecule has 0 radical (unpaired) electrons. The monoisotopic (exact) mass is 151 g/mol. The van der Waals surface area contributed by atoms with Crippen LogP contribution < -0.4 is 0 Å². The van der Waals surface area contributed by atoms with E-state index >= 15 is 0 Å². The van der Waals surface area contributed by atoms with Gasteiger partial charge >= 0.3 is 0 Å². The fourth-order valence-corrected chi connectivity index (χ4v) is 0.805. The van der Waals surface area contributed by atoms with Gasteiger partial charge in [-0.3, -0.25) is 0 Å². The maximum atomic E-state index is 5.16. The Kier molecular flexibility index (Phi) is 3.45. The first-order chi connectivity index (χ1) is 5.43. The summed E-state index contributed by atoms with van der Waals surface area (Å²) in [5.74, 6) is 0.755. The van der Waals surface area contributed by atoms with Gasteiger partial charge in [0.05, 0.1) is 6.54 Å². The molecule has 11 heavy (non-hydrogen) atoms. The Morgan fingerprint density at radius 1 is 1.55 bits per heavy atom. The predicted octanol–water partition coefficient (Wildman–Crippen LogP) is 1.94. The molecular formula is C9H13NO. The summed E-state index contributed by atoms with van der Waals surface area (Å²) in [5, 5.41) is 0. The lowest BCUT2D eigenvalue weighted by atomic mass is 10.4. The average Bonchev–Trinajstić information content (AvgIpc) is 2.50. The van der Waals surface area contributed by atoms with Crippen molar-refractivity contribution in [2.75, 3.05) is 13.2 Å². The Hall–Kier alpha value is -1.05. The molecule has 0 fully saturated rings. The fraction of sp³-hybridized carbons (Fsp3) is 0.444. The number of rotatable bonds is 3. The highest BCUT2D eigenvalue weighted by Gasteiger charge is 2.00. The Bertz CT molecular complexity index is 192. The molecule has 1 rings (SSSR count). The highest BCUT2D eigenvalue weighted by atomic mass is 16.5.